The third-order valence-corrected chi connectivity index (χ3v) is 4.58. The van der Waals surface area contributed by atoms with Gasteiger partial charge in [0.1, 0.15) is 0 Å². The Morgan fingerprint density at radius 3 is 2.58 bits per heavy atom. The number of sulfonamides is 1. The summed E-state index contributed by atoms with van der Waals surface area (Å²) in [7, 11) is -3.57. The molecule has 0 saturated heterocycles. The van der Waals surface area contributed by atoms with Crippen molar-refractivity contribution in [1.82, 2.24) is 4.83 Å². The Morgan fingerprint density at radius 1 is 1.42 bits per heavy atom. The summed E-state index contributed by atoms with van der Waals surface area (Å²) in [5, 5.41) is 3.99. The van der Waals surface area contributed by atoms with Gasteiger partial charge in [0.2, 0.25) is 0 Å². The molecule has 1 saturated carbocycles. The molecular weight excluding hydrogens is 260 g/mol. The maximum Gasteiger partial charge on any atom is 0.276 e. The minimum absolute atomic E-state index is 0.228. The summed E-state index contributed by atoms with van der Waals surface area (Å²) in [6, 6.07) is 6.68. The van der Waals surface area contributed by atoms with E-state index in [1.165, 1.54) is 0 Å². The third kappa shape index (κ3) is 3.23. The molecule has 0 heterocycles. The van der Waals surface area contributed by atoms with Gasteiger partial charge in [0.05, 0.1) is 4.90 Å². The molecule has 0 aromatic heterocycles. The first-order valence-corrected chi connectivity index (χ1v) is 7.67. The van der Waals surface area contributed by atoms with Crippen LogP contribution in [0.2, 0.25) is 0 Å². The normalized spacial score (nSPS) is 22.9. The van der Waals surface area contributed by atoms with Gasteiger partial charge in [-0.05, 0) is 38.3 Å². The zero-order valence-electron chi connectivity index (χ0n) is 11.1. The lowest BCUT2D eigenvalue weighted by atomic mass is 10.2. The zero-order valence-corrected chi connectivity index (χ0v) is 11.9. The van der Waals surface area contributed by atoms with Crippen molar-refractivity contribution in [2.24, 2.45) is 16.9 Å². The maximum atomic E-state index is 12.0. The first kappa shape index (κ1) is 13.8. The molecule has 2 unspecified atom stereocenters. The van der Waals surface area contributed by atoms with Crippen molar-refractivity contribution >= 4 is 15.7 Å². The molecular formula is C14H18N2O2S. The average Bonchev–Trinajstić information content (AvgIpc) is 3.16. The Kier molecular flexibility index (Phi) is 3.75. The van der Waals surface area contributed by atoms with Gasteiger partial charge in [-0.25, -0.2) is 4.83 Å². The maximum absolute atomic E-state index is 12.0. The van der Waals surface area contributed by atoms with Crippen molar-refractivity contribution in [3.63, 3.8) is 0 Å². The van der Waals surface area contributed by atoms with E-state index in [4.69, 9.17) is 0 Å². The van der Waals surface area contributed by atoms with E-state index in [2.05, 4.69) is 16.5 Å². The van der Waals surface area contributed by atoms with Crippen LogP contribution in [0.1, 0.15) is 18.9 Å². The molecule has 0 aliphatic heterocycles. The Hall–Kier alpha value is -1.62. The van der Waals surface area contributed by atoms with Gasteiger partial charge in [0.25, 0.3) is 10.0 Å². The van der Waals surface area contributed by atoms with Crippen LogP contribution in [0.25, 0.3) is 0 Å². The number of hydrogen-bond acceptors (Lipinski definition) is 3. The van der Waals surface area contributed by atoms with Crippen LogP contribution in [0, 0.1) is 18.8 Å². The molecule has 19 heavy (non-hydrogen) atoms. The summed E-state index contributed by atoms with van der Waals surface area (Å²) < 4.78 is 24.0. The van der Waals surface area contributed by atoms with Crippen LogP contribution in [-0.4, -0.2) is 14.1 Å². The zero-order chi connectivity index (χ0) is 14.0. The molecule has 0 spiro atoms. The fraction of sp³-hybridized carbons (Fsp3) is 0.357. The summed E-state index contributed by atoms with van der Waals surface area (Å²) >= 11 is 0. The van der Waals surface area contributed by atoms with Gasteiger partial charge < -0.3 is 0 Å². The molecule has 1 aromatic carbocycles. The molecule has 4 nitrogen and oxygen atoms in total. The fourth-order valence-electron chi connectivity index (χ4n) is 1.94. The molecule has 1 fully saturated rings. The predicted molar refractivity (Wildman–Crippen MR) is 76.4 cm³/mol. The van der Waals surface area contributed by atoms with Gasteiger partial charge in [-0.2, -0.15) is 13.5 Å². The first-order valence-electron chi connectivity index (χ1n) is 6.19. The summed E-state index contributed by atoms with van der Waals surface area (Å²) in [4.78, 5) is 2.51. The number of hydrogen-bond donors (Lipinski definition) is 1. The van der Waals surface area contributed by atoms with Crippen LogP contribution in [0.5, 0.6) is 0 Å². The lowest BCUT2D eigenvalue weighted by Gasteiger charge is -2.05. The van der Waals surface area contributed by atoms with E-state index in [-0.39, 0.29) is 4.90 Å². The fourth-order valence-corrected chi connectivity index (χ4v) is 2.80. The smallest absolute Gasteiger partial charge is 0.200 e. The summed E-state index contributed by atoms with van der Waals surface area (Å²) in [5.41, 5.74) is 1.83. The molecule has 2 atom stereocenters. The second-order valence-corrected chi connectivity index (χ2v) is 6.56. The van der Waals surface area contributed by atoms with E-state index in [0.29, 0.717) is 11.8 Å². The van der Waals surface area contributed by atoms with Gasteiger partial charge >= 0.3 is 0 Å². The topological polar surface area (TPSA) is 58.5 Å². The van der Waals surface area contributed by atoms with E-state index >= 15 is 0 Å². The van der Waals surface area contributed by atoms with Gasteiger partial charge in [-0.1, -0.05) is 23.8 Å². The minimum Gasteiger partial charge on any atom is -0.200 e. The number of nitrogens with one attached hydrogen (secondary N) is 1. The second-order valence-electron chi connectivity index (χ2n) is 4.90. The van der Waals surface area contributed by atoms with Crippen molar-refractivity contribution < 1.29 is 8.42 Å². The molecule has 1 aliphatic rings. The van der Waals surface area contributed by atoms with Gasteiger partial charge in [-0.15, -0.1) is 6.58 Å². The molecule has 1 N–H and O–H groups in total. The summed E-state index contributed by atoms with van der Waals surface area (Å²) in [5.74, 6) is 0.769. The van der Waals surface area contributed by atoms with Crippen LogP contribution in [0.15, 0.2) is 46.9 Å². The van der Waals surface area contributed by atoms with Crippen molar-refractivity contribution in [2.45, 2.75) is 25.2 Å². The molecule has 0 radical (unpaired) electrons. The molecule has 1 aromatic rings. The van der Waals surface area contributed by atoms with Gasteiger partial charge in [0.15, 0.2) is 0 Å². The van der Waals surface area contributed by atoms with Crippen molar-refractivity contribution in [1.29, 1.82) is 0 Å². The Balaban J connectivity index is 2.08. The number of nitrogens with zero attached hydrogens (tertiary/aromatic N) is 1. The second kappa shape index (κ2) is 5.17. The lowest BCUT2D eigenvalue weighted by molar-refractivity contribution is 0.584. The molecule has 2 rings (SSSR count). The number of aryl methyl sites for hydroxylation is 1. The van der Waals surface area contributed by atoms with Crippen LogP contribution in [-0.2, 0) is 10.0 Å². The number of benzene rings is 1. The van der Waals surface area contributed by atoms with Crippen LogP contribution in [0.4, 0.5) is 0 Å². The van der Waals surface area contributed by atoms with Crippen LogP contribution >= 0.6 is 0 Å². The highest BCUT2D eigenvalue weighted by Gasteiger charge is 2.36. The molecule has 1 aliphatic carbocycles. The standard InChI is InChI=1S/C14H18N2O2S/c1-4-12-9-14(12)11(3)15-16-19(17,18)13-7-5-10(2)6-8-13/h4-8,12,14,16H,1,9H2,2-3H3/b15-11-. The Bertz CT molecular complexity index is 603. The highest BCUT2D eigenvalue weighted by atomic mass is 32.2. The summed E-state index contributed by atoms with van der Waals surface area (Å²) in [6.07, 6.45) is 2.89. The highest BCUT2D eigenvalue weighted by molar-refractivity contribution is 7.89. The first-order chi connectivity index (χ1) is 8.94. The number of allylic oxidation sites excluding steroid dienone is 1. The Morgan fingerprint density at radius 2 is 2.05 bits per heavy atom. The lowest BCUT2D eigenvalue weighted by Crippen LogP contribution is -2.20. The SMILES string of the molecule is C=CC1CC1/C(C)=N\NS(=O)(=O)c1ccc(C)cc1. The largest absolute Gasteiger partial charge is 0.276 e. The van der Waals surface area contributed by atoms with Crippen molar-refractivity contribution in [2.75, 3.05) is 0 Å². The predicted octanol–water partition coefficient (Wildman–Crippen LogP) is 2.47. The molecule has 5 heteroatoms. The minimum atomic E-state index is -3.57. The number of rotatable bonds is 5. The van der Waals surface area contributed by atoms with Crippen LogP contribution < -0.4 is 4.83 Å². The van der Waals surface area contributed by atoms with Crippen molar-refractivity contribution in [3.05, 3.63) is 42.5 Å². The van der Waals surface area contributed by atoms with E-state index in [0.717, 1.165) is 17.7 Å². The monoisotopic (exact) mass is 278 g/mol. The summed E-state index contributed by atoms with van der Waals surface area (Å²) in [6.45, 7) is 7.48. The average molecular weight is 278 g/mol. The third-order valence-electron chi connectivity index (χ3n) is 3.35. The van der Waals surface area contributed by atoms with E-state index in [1.54, 1.807) is 24.3 Å². The van der Waals surface area contributed by atoms with Crippen molar-refractivity contribution in [3.8, 4) is 0 Å². The van der Waals surface area contributed by atoms with Gasteiger partial charge in [0, 0.05) is 11.6 Å². The highest BCUT2D eigenvalue weighted by Crippen LogP contribution is 2.40. The van der Waals surface area contributed by atoms with E-state index in [9.17, 15) is 8.42 Å². The number of hydrazone groups is 1. The van der Waals surface area contributed by atoms with Crippen LogP contribution in [0.3, 0.4) is 0 Å². The van der Waals surface area contributed by atoms with Gasteiger partial charge in [-0.3, -0.25) is 0 Å². The molecule has 0 amide bonds. The molecule has 102 valence electrons. The Labute approximate surface area is 114 Å². The molecule has 0 bridgehead atoms. The van der Waals surface area contributed by atoms with E-state index < -0.39 is 10.0 Å². The quantitative estimate of drug-likeness (QED) is 0.511. The van der Waals surface area contributed by atoms with E-state index in [1.807, 2.05) is 19.9 Å².